The summed E-state index contributed by atoms with van der Waals surface area (Å²) < 4.78 is 23.3. The van der Waals surface area contributed by atoms with Gasteiger partial charge in [-0.05, 0) is 70.6 Å². The molecule has 3 atom stereocenters. The van der Waals surface area contributed by atoms with Crippen LogP contribution in [0.1, 0.15) is 264 Å². The third-order valence-corrected chi connectivity index (χ3v) is 13.7. The Morgan fingerprint density at radius 3 is 1.21 bits per heavy atom. The molecule has 0 heterocycles. The molecule has 0 aliphatic heterocycles. The van der Waals surface area contributed by atoms with Crippen LogP contribution in [0.2, 0.25) is 0 Å². The van der Waals surface area contributed by atoms with Crippen molar-refractivity contribution in [1.82, 2.24) is 5.32 Å². The van der Waals surface area contributed by atoms with Gasteiger partial charge in [0.05, 0.1) is 39.9 Å². The summed E-state index contributed by atoms with van der Waals surface area (Å²) in [6.45, 7) is 4.64. The fraction of sp³-hybridized carbons (Fsp3) is 0.845. The number of nitrogens with one attached hydrogen (secondary N) is 1. The summed E-state index contributed by atoms with van der Waals surface area (Å²) in [6.07, 6.45) is 64.8. The molecule has 9 heteroatoms. The molecule has 0 aliphatic carbocycles. The predicted molar refractivity (Wildman–Crippen MR) is 288 cm³/mol. The molecule has 8 nitrogen and oxygen atoms in total. The number of aliphatic hydroxyl groups excluding tert-OH is 1. The molecule has 0 saturated heterocycles. The van der Waals surface area contributed by atoms with Crippen LogP contribution < -0.4 is 10.2 Å². The molecule has 394 valence electrons. The third-order valence-electron chi connectivity index (χ3n) is 12.7. The van der Waals surface area contributed by atoms with E-state index in [1.165, 1.54) is 199 Å². The molecule has 0 radical (unpaired) electrons. The highest BCUT2D eigenvalue weighted by Gasteiger charge is 2.23. The average molecular weight is 964 g/mol. The lowest BCUT2D eigenvalue weighted by molar-refractivity contribution is -0.870. The normalized spacial score (nSPS) is 14.3. The molecule has 0 rings (SSSR count). The fourth-order valence-corrected chi connectivity index (χ4v) is 8.96. The van der Waals surface area contributed by atoms with Crippen molar-refractivity contribution in [2.75, 3.05) is 40.9 Å². The number of phosphoric acid groups is 1. The van der Waals surface area contributed by atoms with E-state index in [0.717, 1.165) is 44.9 Å². The molecule has 0 aromatic rings. The molecule has 3 unspecified atom stereocenters. The Bertz CT molecular complexity index is 1230. The summed E-state index contributed by atoms with van der Waals surface area (Å²) in [4.78, 5) is 25.5. The highest BCUT2D eigenvalue weighted by molar-refractivity contribution is 7.45. The molecule has 0 saturated carbocycles. The van der Waals surface area contributed by atoms with E-state index >= 15 is 0 Å². The van der Waals surface area contributed by atoms with E-state index in [-0.39, 0.29) is 12.5 Å². The molecule has 2 N–H and O–H groups in total. The number of aliphatic hydroxyl groups is 1. The average Bonchev–Trinajstić information content (AvgIpc) is 3.29. The van der Waals surface area contributed by atoms with Gasteiger partial charge in [0.25, 0.3) is 7.82 Å². The quantitative estimate of drug-likeness (QED) is 0.0272. The van der Waals surface area contributed by atoms with Crippen molar-refractivity contribution in [3.63, 3.8) is 0 Å². The van der Waals surface area contributed by atoms with Gasteiger partial charge in [-0.3, -0.25) is 9.36 Å². The zero-order chi connectivity index (χ0) is 49.2. The van der Waals surface area contributed by atoms with Crippen LogP contribution in [0, 0.1) is 0 Å². The van der Waals surface area contributed by atoms with E-state index in [1.54, 1.807) is 6.08 Å². The van der Waals surface area contributed by atoms with Crippen molar-refractivity contribution in [3.05, 3.63) is 48.6 Å². The van der Waals surface area contributed by atoms with Crippen LogP contribution in [0.3, 0.4) is 0 Å². The highest BCUT2D eigenvalue weighted by Crippen LogP contribution is 2.38. The molecular formula is C58H111N2O6P. The van der Waals surface area contributed by atoms with E-state index in [1.807, 2.05) is 27.2 Å². The lowest BCUT2D eigenvalue weighted by atomic mass is 10.0. The first-order valence-corrected chi connectivity index (χ1v) is 30.0. The number of likely N-dealkylation sites (N-methyl/N-ethyl adjacent to an activating group) is 1. The largest absolute Gasteiger partial charge is 0.756 e. The van der Waals surface area contributed by atoms with Crippen LogP contribution in [-0.4, -0.2) is 68.5 Å². The summed E-state index contributed by atoms with van der Waals surface area (Å²) in [7, 11) is 1.24. The Morgan fingerprint density at radius 1 is 0.507 bits per heavy atom. The predicted octanol–water partition coefficient (Wildman–Crippen LogP) is 16.5. The van der Waals surface area contributed by atoms with E-state index in [2.05, 4.69) is 55.6 Å². The van der Waals surface area contributed by atoms with Gasteiger partial charge in [0, 0.05) is 6.42 Å². The first-order chi connectivity index (χ1) is 32.5. The van der Waals surface area contributed by atoms with Gasteiger partial charge >= 0.3 is 0 Å². The molecule has 0 aromatic carbocycles. The smallest absolute Gasteiger partial charge is 0.268 e. The van der Waals surface area contributed by atoms with Gasteiger partial charge in [0.15, 0.2) is 0 Å². The number of hydrogen-bond donors (Lipinski definition) is 2. The van der Waals surface area contributed by atoms with Crippen molar-refractivity contribution >= 4 is 13.7 Å². The van der Waals surface area contributed by atoms with Gasteiger partial charge in [-0.25, -0.2) is 0 Å². The van der Waals surface area contributed by atoms with Crippen LogP contribution in [0.15, 0.2) is 48.6 Å². The number of carbonyl (C=O) groups is 1. The molecule has 67 heavy (non-hydrogen) atoms. The second kappa shape index (κ2) is 49.4. The van der Waals surface area contributed by atoms with Crippen LogP contribution in [0.5, 0.6) is 0 Å². The second-order valence-corrected chi connectivity index (χ2v) is 22.0. The minimum atomic E-state index is -4.61. The van der Waals surface area contributed by atoms with Crippen LogP contribution in [0.4, 0.5) is 0 Å². The van der Waals surface area contributed by atoms with E-state index in [4.69, 9.17) is 9.05 Å². The molecule has 0 fully saturated rings. The minimum absolute atomic E-state index is 0.00977. The number of phosphoric ester groups is 1. The number of allylic oxidation sites excluding steroid dienone is 7. The minimum Gasteiger partial charge on any atom is -0.756 e. The number of amides is 1. The van der Waals surface area contributed by atoms with Gasteiger partial charge in [0.1, 0.15) is 13.2 Å². The third kappa shape index (κ3) is 52.1. The highest BCUT2D eigenvalue weighted by atomic mass is 31.2. The monoisotopic (exact) mass is 963 g/mol. The first-order valence-electron chi connectivity index (χ1n) is 28.5. The van der Waals surface area contributed by atoms with Gasteiger partial charge in [0.2, 0.25) is 5.91 Å². The summed E-state index contributed by atoms with van der Waals surface area (Å²) in [5.41, 5.74) is 0. The summed E-state index contributed by atoms with van der Waals surface area (Å²) in [5.74, 6) is -0.212. The zero-order valence-electron chi connectivity index (χ0n) is 44.9. The topological polar surface area (TPSA) is 108 Å². The Kier molecular flexibility index (Phi) is 48.3. The standard InChI is InChI=1S/C58H111N2O6P/c1-6-8-10-12-14-16-18-20-22-24-26-27-28-29-30-31-32-34-35-37-39-41-43-45-47-49-51-57(61)56(55-66-67(63,64)65-54-53-60(3,4)5)59-58(62)52-50-48-46-44-42-40-38-36-33-25-23-21-19-17-15-13-11-9-7-2/h21,23,34-35,41,43,49,51,56-57,61H,6-20,22,24-33,36-40,42,44-48,50,52-55H2,1-5H3,(H-,59,62,63,64)/b23-21-,35-34+,43-41+,51-49+. The van der Waals surface area contributed by atoms with Crippen molar-refractivity contribution in [2.24, 2.45) is 0 Å². The lowest BCUT2D eigenvalue weighted by Crippen LogP contribution is -2.45. The van der Waals surface area contributed by atoms with Crippen molar-refractivity contribution in [3.8, 4) is 0 Å². The molecule has 1 amide bonds. The summed E-state index contributed by atoms with van der Waals surface area (Å²) in [5, 5.41) is 13.9. The Hall–Kier alpha value is -1.54. The van der Waals surface area contributed by atoms with Crippen molar-refractivity contribution < 1.29 is 32.9 Å². The van der Waals surface area contributed by atoms with Crippen molar-refractivity contribution in [2.45, 2.75) is 276 Å². The number of rotatable bonds is 52. The Labute approximate surface area is 416 Å². The summed E-state index contributed by atoms with van der Waals surface area (Å²) >= 11 is 0. The molecule has 0 spiro atoms. The van der Waals surface area contributed by atoms with Crippen LogP contribution in [0.25, 0.3) is 0 Å². The molecular weight excluding hydrogens is 852 g/mol. The maximum atomic E-state index is 12.9. The maximum Gasteiger partial charge on any atom is 0.268 e. The summed E-state index contributed by atoms with van der Waals surface area (Å²) in [6, 6.07) is -0.912. The number of quaternary nitrogens is 1. The fourth-order valence-electron chi connectivity index (χ4n) is 8.24. The lowest BCUT2D eigenvalue weighted by Gasteiger charge is -2.29. The molecule has 0 bridgehead atoms. The SMILES string of the molecule is CCCCCCCC/C=C\CCCCCCCCCCCC(=O)NC(COP(=O)([O-])OCC[N+](C)(C)C)C(O)/C=C/CC/C=C/CC/C=C/CCCCCCCCCCCCCCCCCC. The Morgan fingerprint density at radius 2 is 0.836 bits per heavy atom. The van der Waals surface area contributed by atoms with E-state index in [0.29, 0.717) is 17.4 Å². The van der Waals surface area contributed by atoms with E-state index < -0.39 is 26.6 Å². The number of unbranched alkanes of at least 4 members (excludes halogenated alkanes) is 33. The second-order valence-electron chi connectivity index (χ2n) is 20.6. The van der Waals surface area contributed by atoms with Gasteiger partial charge in [-0.1, -0.05) is 236 Å². The van der Waals surface area contributed by atoms with Gasteiger partial charge in [-0.2, -0.15) is 0 Å². The van der Waals surface area contributed by atoms with Crippen molar-refractivity contribution in [1.29, 1.82) is 0 Å². The first kappa shape index (κ1) is 65.5. The number of hydrogen-bond acceptors (Lipinski definition) is 6. The van der Waals surface area contributed by atoms with Crippen LogP contribution in [-0.2, 0) is 18.4 Å². The zero-order valence-corrected chi connectivity index (χ0v) is 45.7. The van der Waals surface area contributed by atoms with Crippen LogP contribution >= 0.6 is 7.82 Å². The molecule has 0 aliphatic rings. The number of carbonyl (C=O) groups excluding carboxylic acids is 1. The number of nitrogens with zero attached hydrogens (tertiary/aromatic N) is 1. The van der Waals surface area contributed by atoms with E-state index in [9.17, 15) is 19.4 Å². The molecule has 0 aromatic heterocycles. The Balaban J connectivity index is 4.29. The van der Waals surface area contributed by atoms with Gasteiger partial charge < -0.3 is 28.8 Å². The van der Waals surface area contributed by atoms with Gasteiger partial charge in [-0.15, -0.1) is 0 Å². The maximum absolute atomic E-state index is 12.9.